The van der Waals surface area contributed by atoms with Gasteiger partial charge in [0.25, 0.3) is 0 Å². The van der Waals surface area contributed by atoms with Crippen LogP contribution in [0.1, 0.15) is 31.3 Å². The maximum Gasteiger partial charge on any atom is 0.240 e. The highest BCUT2D eigenvalue weighted by Crippen LogP contribution is 2.17. The van der Waals surface area contributed by atoms with Gasteiger partial charge in [-0.1, -0.05) is 17.7 Å². The summed E-state index contributed by atoms with van der Waals surface area (Å²) in [6.45, 7) is 6.06. The first-order valence-corrected chi connectivity index (χ1v) is 10.2. The molecule has 0 fully saturated rings. The molecule has 1 aromatic carbocycles. The van der Waals surface area contributed by atoms with Crippen molar-refractivity contribution in [3.05, 3.63) is 42.0 Å². The van der Waals surface area contributed by atoms with Crippen molar-refractivity contribution in [3.63, 3.8) is 0 Å². The average Bonchev–Trinajstić information content (AvgIpc) is 3.01. The Balaban J connectivity index is 1.97. The lowest BCUT2D eigenvalue weighted by Gasteiger charge is -2.22. The summed E-state index contributed by atoms with van der Waals surface area (Å²) in [5, 5.41) is 10.7. The van der Waals surface area contributed by atoms with E-state index in [1.54, 1.807) is 18.5 Å². The maximum absolute atomic E-state index is 12.2. The van der Waals surface area contributed by atoms with Crippen molar-refractivity contribution in [1.29, 1.82) is 0 Å². The first kappa shape index (κ1) is 19.9. The average molecular weight is 379 g/mol. The van der Waals surface area contributed by atoms with Crippen LogP contribution in [0.4, 0.5) is 5.69 Å². The zero-order valence-electron chi connectivity index (χ0n) is 15.5. The lowest BCUT2D eigenvalue weighted by molar-refractivity contribution is -0.119. The van der Waals surface area contributed by atoms with Gasteiger partial charge in [0, 0.05) is 19.0 Å². The van der Waals surface area contributed by atoms with E-state index in [9.17, 15) is 13.2 Å². The molecule has 0 aliphatic carbocycles. The molecule has 1 N–H and O–H groups in total. The maximum atomic E-state index is 12.2. The van der Waals surface area contributed by atoms with Crippen LogP contribution in [-0.2, 0) is 21.2 Å². The fourth-order valence-corrected chi connectivity index (χ4v) is 3.34. The van der Waals surface area contributed by atoms with Crippen LogP contribution in [0, 0.1) is 6.92 Å². The molecular formula is C17H25N5O3S. The quantitative estimate of drug-likeness (QED) is 0.745. The zero-order chi connectivity index (χ0) is 19.3. The van der Waals surface area contributed by atoms with Gasteiger partial charge in [0.05, 0.1) is 11.9 Å². The van der Waals surface area contributed by atoms with Crippen molar-refractivity contribution in [1.82, 2.24) is 20.1 Å². The molecule has 0 spiro atoms. The third-order valence-corrected chi connectivity index (χ3v) is 5.02. The second kappa shape index (κ2) is 8.31. The van der Waals surface area contributed by atoms with E-state index in [1.807, 2.05) is 37.5 Å². The highest BCUT2D eigenvalue weighted by molar-refractivity contribution is 7.92. The molecule has 1 amide bonds. The van der Waals surface area contributed by atoms with E-state index in [-0.39, 0.29) is 18.5 Å². The fourth-order valence-electron chi connectivity index (χ4n) is 2.49. The number of aromatic nitrogens is 3. The predicted molar refractivity (Wildman–Crippen MR) is 100 cm³/mol. The van der Waals surface area contributed by atoms with Gasteiger partial charge in [-0.25, -0.2) is 8.42 Å². The molecule has 0 saturated heterocycles. The van der Waals surface area contributed by atoms with E-state index in [1.165, 1.54) is 0 Å². The van der Waals surface area contributed by atoms with Gasteiger partial charge >= 0.3 is 0 Å². The van der Waals surface area contributed by atoms with E-state index < -0.39 is 10.0 Å². The molecule has 1 aromatic heterocycles. The number of aryl methyl sites for hydroxylation is 1. The number of sulfonamides is 1. The van der Waals surface area contributed by atoms with Crippen molar-refractivity contribution in [2.75, 3.05) is 23.7 Å². The molecule has 2 aromatic rings. The summed E-state index contributed by atoms with van der Waals surface area (Å²) >= 11 is 0. The second-order valence-corrected chi connectivity index (χ2v) is 8.36. The normalized spacial score (nSPS) is 11.6. The van der Waals surface area contributed by atoms with Crippen molar-refractivity contribution >= 4 is 21.6 Å². The molecule has 2 rings (SSSR count). The minimum Gasteiger partial charge on any atom is -0.354 e. The van der Waals surface area contributed by atoms with E-state index in [2.05, 4.69) is 15.5 Å². The van der Waals surface area contributed by atoms with Crippen LogP contribution in [0.5, 0.6) is 0 Å². The van der Waals surface area contributed by atoms with Gasteiger partial charge in [-0.15, -0.1) is 10.2 Å². The number of benzene rings is 1. The van der Waals surface area contributed by atoms with Crippen molar-refractivity contribution in [2.24, 2.45) is 0 Å². The van der Waals surface area contributed by atoms with Crippen LogP contribution >= 0.6 is 0 Å². The molecule has 1 heterocycles. The number of carbonyl (C=O) groups is 1. The Morgan fingerprint density at radius 2 is 1.92 bits per heavy atom. The second-order valence-electron chi connectivity index (χ2n) is 6.45. The lowest BCUT2D eigenvalue weighted by Crippen LogP contribution is -2.41. The van der Waals surface area contributed by atoms with E-state index in [0.717, 1.165) is 21.9 Å². The first-order chi connectivity index (χ1) is 12.2. The van der Waals surface area contributed by atoms with Crippen LogP contribution < -0.4 is 9.62 Å². The Hall–Kier alpha value is -2.42. The van der Waals surface area contributed by atoms with Gasteiger partial charge in [-0.05, 0) is 32.9 Å². The number of hydrogen-bond acceptors (Lipinski definition) is 5. The van der Waals surface area contributed by atoms with Crippen LogP contribution in [-0.4, -0.2) is 48.4 Å². The first-order valence-electron chi connectivity index (χ1n) is 8.38. The van der Waals surface area contributed by atoms with Crippen molar-refractivity contribution < 1.29 is 13.2 Å². The number of nitrogens with zero attached hydrogens (tertiary/aromatic N) is 4. The van der Waals surface area contributed by atoms with E-state index >= 15 is 0 Å². The molecule has 142 valence electrons. The predicted octanol–water partition coefficient (Wildman–Crippen LogP) is 1.29. The summed E-state index contributed by atoms with van der Waals surface area (Å²) in [6, 6.07) is 7.23. The molecule has 0 aliphatic heterocycles. The Morgan fingerprint density at radius 1 is 1.27 bits per heavy atom. The summed E-state index contributed by atoms with van der Waals surface area (Å²) in [4.78, 5) is 12.2. The zero-order valence-corrected chi connectivity index (χ0v) is 16.3. The third kappa shape index (κ3) is 5.29. The van der Waals surface area contributed by atoms with Gasteiger partial charge in [0.1, 0.15) is 18.7 Å². The molecular weight excluding hydrogens is 354 g/mol. The van der Waals surface area contributed by atoms with E-state index in [4.69, 9.17) is 0 Å². The summed E-state index contributed by atoms with van der Waals surface area (Å²) in [5.41, 5.74) is 1.48. The lowest BCUT2D eigenvalue weighted by atomic mass is 10.2. The third-order valence-electron chi connectivity index (χ3n) is 3.88. The highest BCUT2D eigenvalue weighted by atomic mass is 32.2. The van der Waals surface area contributed by atoms with Gasteiger partial charge in [0.2, 0.25) is 15.9 Å². The van der Waals surface area contributed by atoms with Gasteiger partial charge in [-0.3, -0.25) is 9.10 Å². The smallest absolute Gasteiger partial charge is 0.240 e. The fraction of sp³-hybridized carbons (Fsp3) is 0.471. The molecule has 0 atom stereocenters. The molecule has 0 aliphatic rings. The Kier molecular flexibility index (Phi) is 6.36. The van der Waals surface area contributed by atoms with Crippen molar-refractivity contribution in [2.45, 2.75) is 33.2 Å². The molecule has 26 heavy (non-hydrogen) atoms. The summed E-state index contributed by atoms with van der Waals surface area (Å²) < 4.78 is 27.1. The summed E-state index contributed by atoms with van der Waals surface area (Å²) in [5.74, 6) is 0.408. The van der Waals surface area contributed by atoms with Gasteiger partial charge in [0.15, 0.2) is 0 Å². The van der Waals surface area contributed by atoms with Crippen LogP contribution in [0.15, 0.2) is 30.6 Å². The number of anilines is 1. The van der Waals surface area contributed by atoms with E-state index in [0.29, 0.717) is 18.7 Å². The summed E-state index contributed by atoms with van der Waals surface area (Å²) in [6.07, 6.45) is 3.27. The SMILES string of the molecule is Cc1ccc(N(CC(=O)NCCc2nncn2C(C)C)S(C)(=O)=O)cc1. The standard InChI is InChI=1S/C17H25N5O3S/c1-13(2)21-12-19-20-16(21)9-10-18-17(23)11-22(26(4,24)25)15-7-5-14(3)6-8-15/h5-8,12-13H,9-11H2,1-4H3,(H,18,23). The largest absolute Gasteiger partial charge is 0.354 e. The van der Waals surface area contributed by atoms with Crippen molar-refractivity contribution in [3.8, 4) is 0 Å². The number of amides is 1. The highest BCUT2D eigenvalue weighted by Gasteiger charge is 2.20. The Bertz CT molecular complexity index is 844. The van der Waals surface area contributed by atoms with Gasteiger partial charge in [-0.2, -0.15) is 0 Å². The summed E-state index contributed by atoms with van der Waals surface area (Å²) in [7, 11) is -3.57. The topological polar surface area (TPSA) is 97.2 Å². The minimum atomic E-state index is -3.57. The molecule has 0 radical (unpaired) electrons. The van der Waals surface area contributed by atoms with Crippen LogP contribution in [0.25, 0.3) is 0 Å². The number of rotatable bonds is 8. The Labute approximate surface area is 154 Å². The number of hydrogen-bond donors (Lipinski definition) is 1. The molecule has 8 nitrogen and oxygen atoms in total. The minimum absolute atomic E-state index is 0.234. The number of carbonyl (C=O) groups excluding carboxylic acids is 1. The molecule has 0 bridgehead atoms. The molecule has 0 saturated carbocycles. The molecule has 9 heteroatoms. The Morgan fingerprint density at radius 3 is 2.50 bits per heavy atom. The van der Waals surface area contributed by atoms with Crippen LogP contribution in [0.3, 0.4) is 0 Å². The van der Waals surface area contributed by atoms with Crippen LogP contribution in [0.2, 0.25) is 0 Å². The van der Waals surface area contributed by atoms with Gasteiger partial charge < -0.3 is 9.88 Å². The monoisotopic (exact) mass is 379 g/mol. The number of nitrogens with one attached hydrogen (secondary N) is 1. The molecule has 0 unspecified atom stereocenters.